The van der Waals surface area contributed by atoms with E-state index in [0.717, 1.165) is 32.2 Å². The second-order valence-electron chi connectivity index (χ2n) is 12.7. The molecule has 1 aromatic heterocycles. The van der Waals surface area contributed by atoms with Crippen molar-refractivity contribution in [3.05, 3.63) is 53.6 Å². The minimum atomic E-state index is -0.904. The lowest BCUT2D eigenvalue weighted by atomic mass is 9.93. The molecule has 4 aromatic rings. The van der Waals surface area contributed by atoms with Gasteiger partial charge in [-0.15, -0.1) is 6.42 Å². The monoisotopic (exact) mass is 599 g/mol. The van der Waals surface area contributed by atoms with Gasteiger partial charge in [-0.25, -0.2) is 13.2 Å². The lowest BCUT2D eigenvalue weighted by Crippen LogP contribution is -2.51. The van der Waals surface area contributed by atoms with Crippen molar-refractivity contribution in [1.29, 1.82) is 0 Å². The molecule has 226 valence electrons. The number of phenols is 1. The Morgan fingerprint density at radius 1 is 1.07 bits per heavy atom. The molecular formula is C34H32F3N5O2. The average Bonchev–Trinajstić information content (AvgIpc) is 3.66. The van der Waals surface area contributed by atoms with Crippen LogP contribution in [-0.2, 0) is 0 Å². The summed E-state index contributed by atoms with van der Waals surface area (Å²) in [5, 5.41) is 15.5. The van der Waals surface area contributed by atoms with E-state index in [4.69, 9.17) is 16.1 Å². The first-order valence-corrected chi connectivity index (χ1v) is 15.3. The number of rotatable bonds is 5. The number of hydrogen-bond acceptors (Lipinski definition) is 7. The molecule has 2 bridgehead atoms. The van der Waals surface area contributed by atoms with Gasteiger partial charge in [0.15, 0.2) is 5.82 Å². The zero-order valence-corrected chi connectivity index (χ0v) is 24.1. The molecule has 8 rings (SSSR count). The molecular weight excluding hydrogens is 567 g/mol. The first kappa shape index (κ1) is 27.5. The van der Waals surface area contributed by atoms with Crippen molar-refractivity contribution in [1.82, 2.24) is 20.2 Å². The van der Waals surface area contributed by atoms with E-state index in [9.17, 15) is 13.9 Å². The van der Waals surface area contributed by atoms with Gasteiger partial charge in [0.2, 0.25) is 0 Å². The van der Waals surface area contributed by atoms with Gasteiger partial charge < -0.3 is 20.1 Å². The van der Waals surface area contributed by atoms with E-state index < -0.39 is 23.3 Å². The molecule has 4 fully saturated rings. The summed E-state index contributed by atoms with van der Waals surface area (Å²) in [6.07, 6.45) is 9.10. The third kappa shape index (κ3) is 4.36. The maximum atomic E-state index is 16.8. The number of aromatic hydroxyl groups is 1. The number of anilines is 1. The molecule has 0 spiro atoms. The number of phenolic OH excluding ortho intramolecular Hbond substituents is 1. The highest BCUT2D eigenvalue weighted by atomic mass is 19.1. The normalized spacial score (nSPS) is 26.4. The van der Waals surface area contributed by atoms with Crippen LogP contribution >= 0.6 is 0 Å². The smallest absolute Gasteiger partial charge is 0.319 e. The molecule has 3 aromatic carbocycles. The summed E-state index contributed by atoms with van der Waals surface area (Å²) in [6.45, 7) is 2.87. The fourth-order valence-corrected chi connectivity index (χ4v) is 8.04. The van der Waals surface area contributed by atoms with E-state index in [1.54, 1.807) is 12.1 Å². The van der Waals surface area contributed by atoms with Crippen molar-refractivity contribution in [3.63, 3.8) is 0 Å². The van der Waals surface area contributed by atoms with Crippen LogP contribution in [0.3, 0.4) is 0 Å². The second kappa shape index (κ2) is 10.2. The molecule has 2 N–H and O–H groups in total. The number of piperazine rings is 1. The van der Waals surface area contributed by atoms with Gasteiger partial charge in [-0.05, 0) is 67.4 Å². The van der Waals surface area contributed by atoms with Crippen LogP contribution in [0.5, 0.6) is 11.8 Å². The number of alkyl halides is 1. The van der Waals surface area contributed by atoms with Gasteiger partial charge >= 0.3 is 6.01 Å². The summed E-state index contributed by atoms with van der Waals surface area (Å²) < 4.78 is 52.3. The Morgan fingerprint density at radius 3 is 2.68 bits per heavy atom. The van der Waals surface area contributed by atoms with Gasteiger partial charge in [-0.1, -0.05) is 18.1 Å². The Hall–Kier alpha value is -4.07. The summed E-state index contributed by atoms with van der Waals surface area (Å²) in [7, 11) is 0. The highest BCUT2D eigenvalue weighted by Gasteiger charge is 2.49. The predicted molar refractivity (Wildman–Crippen MR) is 163 cm³/mol. The van der Waals surface area contributed by atoms with Gasteiger partial charge in [0, 0.05) is 54.5 Å². The molecule has 4 aliphatic heterocycles. The summed E-state index contributed by atoms with van der Waals surface area (Å²) >= 11 is 0. The molecule has 0 radical (unpaired) electrons. The van der Waals surface area contributed by atoms with Crippen LogP contribution in [0.25, 0.3) is 32.8 Å². The number of terminal acetylenes is 1. The van der Waals surface area contributed by atoms with E-state index in [0.29, 0.717) is 60.1 Å². The van der Waals surface area contributed by atoms with Crippen LogP contribution in [0.4, 0.5) is 19.0 Å². The third-order valence-electron chi connectivity index (χ3n) is 10.00. The molecule has 0 amide bonds. The molecule has 4 aliphatic rings. The fraction of sp³-hybridized carbons (Fsp3) is 0.412. The van der Waals surface area contributed by atoms with E-state index >= 15 is 4.39 Å². The predicted octanol–water partition coefficient (Wildman–Crippen LogP) is 5.31. The van der Waals surface area contributed by atoms with Crippen LogP contribution in [0.15, 0.2) is 36.4 Å². The molecule has 0 aliphatic carbocycles. The number of aromatic nitrogens is 2. The minimum absolute atomic E-state index is 0.0104. The number of hydrogen-bond donors (Lipinski definition) is 2. The molecule has 10 heteroatoms. The number of fused-ring (bicyclic) bond motifs is 5. The zero-order chi connectivity index (χ0) is 30.2. The molecule has 0 saturated carbocycles. The summed E-state index contributed by atoms with van der Waals surface area (Å²) in [5.41, 5.74) is 0.00827. The number of benzene rings is 3. The third-order valence-corrected chi connectivity index (χ3v) is 10.00. The van der Waals surface area contributed by atoms with Crippen molar-refractivity contribution >= 4 is 27.5 Å². The van der Waals surface area contributed by atoms with Crippen molar-refractivity contribution < 1.29 is 23.0 Å². The molecule has 3 unspecified atom stereocenters. The standard InChI is InChI=1S/C34H32F3N5O2/c1-2-24-28(36)9-4-19-12-23(43)13-27(29(19)24)25-7-8-26-31(30(25)37)39-33(40-32(26)41-16-21-5-6-22(17-41)38-21)44-18-34-10-3-11-42(34)15-20(35)14-34/h1,4,7-9,12-13,20-22,38,43H,3,5-6,10-11,14-18H2/t20?,21?,22?,34-/m0/s1. The number of nitrogens with zero attached hydrogens (tertiary/aromatic N) is 4. The lowest BCUT2D eigenvalue weighted by Gasteiger charge is -2.34. The Bertz CT molecular complexity index is 1850. The first-order chi connectivity index (χ1) is 21.3. The van der Waals surface area contributed by atoms with Crippen molar-refractivity contribution in [2.45, 2.75) is 55.9 Å². The average molecular weight is 600 g/mol. The van der Waals surface area contributed by atoms with E-state index in [-0.39, 0.29) is 40.6 Å². The Balaban J connectivity index is 1.28. The quantitative estimate of drug-likeness (QED) is 0.301. The first-order valence-electron chi connectivity index (χ1n) is 15.3. The number of nitrogens with one attached hydrogen (secondary N) is 1. The van der Waals surface area contributed by atoms with Crippen LogP contribution in [-0.4, -0.2) is 76.6 Å². The summed E-state index contributed by atoms with van der Waals surface area (Å²) in [6, 6.07) is 9.65. The SMILES string of the molecule is C#Cc1c(F)ccc2cc(O)cc(-c3ccc4c(N5CC6CCC(C5)N6)nc(OC[C@@]56CCCN5CC(F)C6)nc4c3F)c12. The summed E-state index contributed by atoms with van der Waals surface area (Å²) in [5.74, 6) is 1.62. The minimum Gasteiger partial charge on any atom is -0.508 e. The van der Waals surface area contributed by atoms with Gasteiger partial charge in [0.05, 0.1) is 11.1 Å². The van der Waals surface area contributed by atoms with E-state index in [2.05, 4.69) is 26.0 Å². The van der Waals surface area contributed by atoms with Crippen molar-refractivity contribution in [2.75, 3.05) is 37.7 Å². The Kier molecular flexibility index (Phi) is 6.40. The maximum absolute atomic E-state index is 16.8. The molecule has 4 atom stereocenters. The van der Waals surface area contributed by atoms with Crippen molar-refractivity contribution in [2.24, 2.45) is 0 Å². The van der Waals surface area contributed by atoms with Gasteiger partial charge in [0.25, 0.3) is 0 Å². The molecule has 7 nitrogen and oxygen atoms in total. The number of halogens is 3. The van der Waals surface area contributed by atoms with Crippen LogP contribution in [0, 0.1) is 24.0 Å². The molecule has 4 saturated heterocycles. The lowest BCUT2D eigenvalue weighted by molar-refractivity contribution is 0.107. The van der Waals surface area contributed by atoms with Gasteiger partial charge in [0.1, 0.15) is 35.7 Å². The van der Waals surface area contributed by atoms with Crippen molar-refractivity contribution in [3.8, 4) is 35.2 Å². The Morgan fingerprint density at radius 2 is 1.89 bits per heavy atom. The largest absolute Gasteiger partial charge is 0.508 e. The molecule has 44 heavy (non-hydrogen) atoms. The van der Waals surface area contributed by atoms with Crippen LogP contribution in [0.2, 0.25) is 0 Å². The highest BCUT2D eigenvalue weighted by molar-refractivity contribution is 6.04. The fourth-order valence-electron chi connectivity index (χ4n) is 8.04. The number of ether oxygens (including phenoxy) is 1. The highest BCUT2D eigenvalue weighted by Crippen LogP contribution is 2.42. The second-order valence-corrected chi connectivity index (χ2v) is 12.7. The maximum Gasteiger partial charge on any atom is 0.319 e. The van der Waals surface area contributed by atoms with Gasteiger partial charge in [-0.2, -0.15) is 9.97 Å². The molecule has 5 heterocycles. The zero-order valence-electron chi connectivity index (χ0n) is 24.1. The van der Waals surface area contributed by atoms with E-state index in [1.807, 2.05) is 0 Å². The van der Waals surface area contributed by atoms with Crippen LogP contribution in [0.1, 0.15) is 37.7 Å². The van der Waals surface area contributed by atoms with Crippen LogP contribution < -0.4 is 15.0 Å². The topological polar surface area (TPSA) is 73.8 Å². The Labute approximate surface area is 253 Å². The van der Waals surface area contributed by atoms with Gasteiger partial charge in [-0.3, -0.25) is 4.90 Å². The summed E-state index contributed by atoms with van der Waals surface area (Å²) in [4.78, 5) is 13.7. The van der Waals surface area contributed by atoms with E-state index in [1.165, 1.54) is 24.3 Å².